The molecule has 1 aromatic rings. The summed E-state index contributed by atoms with van der Waals surface area (Å²) in [5, 5.41) is 0. The average Bonchev–Trinajstić information content (AvgIpc) is 2.27. The Hall–Kier alpha value is -1.26. The molecule has 0 bridgehead atoms. The molecule has 1 aromatic carbocycles. The number of ether oxygens (including phenoxy) is 1. The SMILES string of the molecule is C#CC(OC(C)(C)CC)c1ccccc1. The van der Waals surface area contributed by atoms with Crippen LogP contribution in [0.15, 0.2) is 30.3 Å². The van der Waals surface area contributed by atoms with Crippen LogP contribution in [0.2, 0.25) is 0 Å². The van der Waals surface area contributed by atoms with Gasteiger partial charge in [0, 0.05) is 0 Å². The van der Waals surface area contributed by atoms with Gasteiger partial charge < -0.3 is 4.74 Å². The van der Waals surface area contributed by atoms with Crippen LogP contribution in [0.25, 0.3) is 0 Å². The number of terminal acetylenes is 1. The number of hydrogen-bond acceptors (Lipinski definition) is 1. The highest BCUT2D eigenvalue weighted by atomic mass is 16.5. The zero-order valence-corrected chi connectivity index (χ0v) is 9.66. The highest BCUT2D eigenvalue weighted by molar-refractivity contribution is 5.23. The van der Waals surface area contributed by atoms with Crippen molar-refractivity contribution in [3.8, 4) is 12.3 Å². The first kappa shape index (κ1) is 11.8. The predicted molar refractivity (Wildman–Crippen MR) is 63.5 cm³/mol. The summed E-state index contributed by atoms with van der Waals surface area (Å²) >= 11 is 0. The molecular formula is C14H18O. The van der Waals surface area contributed by atoms with E-state index in [-0.39, 0.29) is 11.7 Å². The summed E-state index contributed by atoms with van der Waals surface area (Å²) in [7, 11) is 0. The fourth-order valence-corrected chi connectivity index (χ4v) is 1.23. The minimum Gasteiger partial charge on any atom is -0.355 e. The van der Waals surface area contributed by atoms with E-state index in [4.69, 9.17) is 11.2 Å². The van der Waals surface area contributed by atoms with Crippen LogP contribution in [0.5, 0.6) is 0 Å². The molecule has 0 aliphatic carbocycles. The second-order valence-electron chi connectivity index (χ2n) is 4.19. The van der Waals surface area contributed by atoms with Crippen molar-refractivity contribution in [1.29, 1.82) is 0 Å². The van der Waals surface area contributed by atoms with E-state index in [2.05, 4.69) is 26.7 Å². The Morgan fingerprint density at radius 1 is 1.33 bits per heavy atom. The summed E-state index contributed by atoms with van der Waals surface area (Å²) < 4.78 is 5.89. The third-order valence-electron chi connectivity index (χ3n) is 2.54. The molecule has 1 atom stereocenters. The van der Waals surface area contributed by atoms with Gasteiger partial charge in [-0.15, -0.1) is 6.42 Å². The fraction of sp³-hybridized carbons (Fsp3) is 0.429. The Labute approximate surface area is 92.5 Å². The van der Waals surface area contributed by atoms with Crippen LogP contribution in [0.3, 0.4) is 0 Å². The van der Waals surface area contributed by atoms with Crippen LogP contribution in [0.1, 0.15) is 38.9 Å². The third kappa shape index (κ3) is 3.42. The van der Waals surface area contributed by atoms with Crippen molar-refractivity contribution in [2.75, 3.05) is 0 Å². The van der Waals surface area contributed by atoms with Crippen LogP contribution in [-0.2, 0) is 4.74 Å². The van der Waals surface area contributed by atoms with E-state index in [1.807, 2.05) is 30.3 Å². The lowest BCUT2D eigenvalue weighted by Crippen LogP contribution is -2.25. The monoisotopic (exact) mass is 202 g/mol. The Morgan fingerprint density at radius 2 is 1.93 bits per heavy atom. The smallest absolute Gasteiger partial charge is 0.143 e. The average molecular weight is 202 g/mol. The summed E-state index contributed by atoms with van der Waals surface area (Å²) in [6, 6.07) is 9.92. The van der Waals surface area contributed by atoms with Crippen LogP contribution >= 0.6 is 0 Å². The maximum atomic E-state index is 5.89. The van der Waals surface area contributed by atoms with Gasteiger partial charge in [-0.25, -0.2) is 0 Å². The van der Waals surface area contributed by atoms with Gasteiger partial charge in [0.25, 0.3) is 0 Å². The molecule has 80 valence electrons. The zero-order chi connectivity index (χ0) is 11.3. The topological polar surface area (TPSA) is 9.23 Å². The van der Waals surface area contributed by atoms with Gasteiger partial charge in [0.2, 0.25) is 0 Å². The van der Waals surface area contributed by atoms with Crippen LogP contribution in [-0.4, -0.2) is 5.60 Å². The molecule has 1 nitrogen and oxygen atoms in total. The highest BCUT2D eigenvalue weighted by Crippen LogP contribution is 2.25. The zero-order valence-electron chi connectivity index (χ0n) is 9.66. The van der Waals surface area contributed by atoms with E-state index in [1.165, 1.54) is 0 Å². The van der Waals surface area contributed by atoms with Crippen LogP contribution < -0.4 is 0 Å². The van der Waals surface area contributed by atoms with Crippen molar-refractivity contribution in [2.24, 2.45) is 0 Å². The van der Waals surface area contributed by atoms with Gasteiger partial charge in [0.15, 0.2) is 0 Å². The normalized spacial score (nSPS) is 13.2. The first-order valence-corrected chi connectivity index (χ1v) is 5.28. The van der Waals surface area contributed by atoms with Gasteiger partial charge in [0.05, 0.1) is 5.60 Å². The number of rotatable bonds is 4. The second kappa shape index (κ2) is 5.00. The van der Waals surface area contributed by atoms with E-state index in [9.17, 15) is 0 Å². The first-order chi connectivity index (χ1) is 7.09. The van der Waals surface area contributed by atoms with E-state index in [0.717, 1.165) is 12.0 Å². The Morgan fingerprint density at radius 3 is 2.40 bits per heavy atom. The van der Waals surface area contributed by atoms with Crippen molar-refractivity contribution in [3.63, 3.8) is 0 Å². The van der Waals surface area contributed by atoms with Gasteiger partial charge in [-0.1, -0.05) is 43.2 Å². The number of benzene rings is 1. The minimum absolute atomic E-state index is 0.174. The third-order valence-corrected chi connectivity index (χ3v) is 2.54. The van der Waals surface area contributed by atoms with Crippen molar-refractivity contribution >= 4 is 0 Å². The first-order valence-electron chi connectivity index (χ1n) is 5.28. The van der Waals surface area contributed by atoms with Crippen LogP contribution in [0, 0.1) is 12.3 Å². The standard InChI is InChI=1S/C14H18O/c1-5-13(15-14(3,4)6-2)12-10-8-7-9-11-12/h1,7-11,13H,6H2,2-4H3. The van der Waals surface area contributed by atoms with Crippen LogP contribution in [0.4, 0.5) is 0 Å². The van der Waals surface area contributed by atoms with E-state index in [0.29, 0.717) is 0 Å². The fourth-order valence-electron chi connectivity index (χ4n) is 1.23. The Bertz CT molecular complexity index is 332. The predicted octanol–water partition coefficient (Wildman–Crippen LogP) is 3.57. The van der Waals surface area contributed by atoms with Crippen molar-refractivity contribution in [3.05, 3.63) is 35.9 Å². The van der Waals surface area contributed by atoms with Gasteiger partial charge >= 0.3 is 0 Å². The number of hydrogen-bond donors (Lipinski definition) is 0. The molecule has 0 spiro atoms. The molecule has 1 heteroatoms. The van der Waals surface area contributed by atoms with E-state index in [1.54, 1.807) is 0 Å². The second-order valence-corrected chi connectivity index (χ2v) is 4.19. The largest absolute Gasteiger partial charge is 0.355 e. The van der Waals surface area contributed by atoms with Crippen molar-refractivity contribution in [1.82, 2.24) is 0 Å². The summed E-state index contributed by atoms with van der Waals surface area (Å²) in [6.07, 6.45) is 6.19. The van der Waals surface area contributed by atoms with E-state index < -0.39 is 0 Å². The molecule has 0 N–H and O–H groups in total. The van der Waals surface area contributed by atoms with Crippen molar-refractivity contribution < 1.29 is 4.74 Å². The molecule has 0 heterocycles. The molecule has 0 amide bonds. The lowest BCUT2D eigenvalue weighted by atomic mass is 10.0. The molecule has 0 fully saturated rings. The molecule has 1 rings (SSSR count). The highest BCUT2D eigenvalue weighted by Gasteiger charge is 2.21. The lowest BCUT2D eigenvalue weighted by molar-refractivity contribution is -0.0505. The quantitative estimate of drug-likeness (QED) is 0.678. The molecule has 1 unspecified atom stereocenters. The molecule has 0 aliphatic heterocycles. The maximum Gasteiger partial charge on any atom is 0.143 e. The van der Waals surface area contributed by atoms with E-state index >= 15 is 0 Å². The van der Waals surface area contributed by atoms with Gasteiger partial charge in [-0.2, -0.15) is 0 Å². The van der Waals surface area contributed by atoms with Gasteiger partial charge in [-0.05, 0) is 25.8 Å². The van der Waals surface area contributed by atoms with Crippen molar-refractivity contribution in [2.45, 2.75) is 38.9 Å². The summed E-state index contributed by atoms with van der Waals surface area (Å²) in [4.78, 5) is 0. The van der Waals surface area contributed by atoms with Gasteiger partial charge in [-0.3, -0.25) is 0 Å². The maximum absolute atomic E-state index is 5.89. The molecule has 0 aliphatic rings. The Kier molecular flexibility index (Phi) is 3.94. The Balaban J connectivity index is 2.79. The van der Waals surface area contributed by atoms with Gasteiger partial charge in [0.1, 0.15) is 6.10 Å². The molecule has 0 saturated carbocycles. The summed E-state index contributed by atoms with van der Waals surface area (Å²) in [5.41, 5.74) is 0.869. The summed E-state index contributed by atoms with van der Waals surface area (Å²) in [5.74, 6) is 2.69. The molecule has 15 heavy (non-hydrogen) atoms. The molecule has 0 aromatic heterocycles. The molecule has 0 radical (unpaired) electrons. The molecule has 0 saturated heterocycles. The molecular weight excluding hydrogens is 184 g/mol. The summed E-state index contributed by atoms with van der Waals surface area (Å²) in [6.45, 7) is 6.21. The minimum atomic E-state index is -0.249. The lowest BCUT2D eigenvalue weighted by Gasteiger charge is -2.27.